The van der Waals surface area contributed by atoms with Crippen LogP contribution in [-0.2, 0) is 23.9 Å². The van der Waals surface area contributed by atoms with E-state index in [9.17, 15) is 14.4 Å². The number of carbonyl (C=O) groups is 3. The van der Waals surface area contributed by atoms with Crippen LogP contribution in [0.2, 0.25) is 0 Å². The van der Waals surface area contributed by atoms with E-state index >= 15 is 0 Å². The molecule has 0 saturated heterocycles. The van der Waals surface area contributed by atoms with Gasteiger partial charge in [0.1, 0.15) is 23.2 Å². The lowest BCUT2D eigenvalue weighted by Crippen LogP contribution is -2.48. The van der Waals surface area contributed by atoms with Crippen LogP contribution in [0.4, 0.5) is 0 Å². The van der Waals surface area contributed by atoms with Crippen LogP contribution in [0.3, 0.4) is 0 Å². The molecular weight excluding hydrogens is 514 g/mol. The van der Waals surface area contributed by atoms with Gasteiger partial charge in [-0.3, -0.25) is 14.6 Å². The van der Waals surface area contributed by atoms with E-state index in [-0.39, 0.29) is 24.6 Å². The van der Waals surface area contributed by atoms with Crippen LogP contribution in [-0.4, -0.2) is 58.0 Å². The van der Waals surface area contributed by atoms with Gasteiger partial charge in [-0.2, -0.15) is 0 Å². The number of carbonyl (C=O) groups excluding carboxylic acids is 3. The van der Waals surface area contributed by atoms with E-state index in [1.807, 2.05) is 12.1 Å². The Bertz CT molecular complexity index is 1340. The average molecular weight is 550 g/mol. The molecule has 40 heavy (non-hydrogen) atoms. The summed E-state index contributed by atoms with van der Waals surface area (Å²) in [5, 5.41) is 0. The summed E-state index contributed by atoms with van der Waals surface area (Å²) >= 11 is 0. The summed E-state index contributed by atoms with van der Waals surface area (Å²) in [4.78, 5) is 46.0. The van der Waals surface area contributed by atoms with Crippen LogP contribution >= 0.6 is 0 Å². The SMILES string of the molecule is CCOC(=O)C1=C(C)N=C2C[C@H](c3ccc(OC)cc3)[C@@H](C(=O)OCC)C(=O)C2[C@@H]1c1cc(OC)ccc1OC. The molecule has 1 aliphatic heterocycles. The van der Waals surface area contributed by atoms with Crippen LogP contribution in [0.1, 0.15) is 50.2 Å². The first-order valence-corrected chi connectivity index (χ1v) is 13.3. The molecule has 0 N–H and O–H groups in total. The maximum Gasteiger partial charge on any atom is 0.336 e. The summed E-state index contributed by atoms with van der Waals surface area (Å²) in [6.07, 6.45) is 0.322. The van der Waals surface area contributed by atoms with E-state index in [2.05, 4.69) is 0 Å². The summed E-state index contributed by atoms with van der Waals surface area (Å²) < 4.78 is 27.3. The Morgan fingerprint density at radius 1 is 0.875 bits per heavy atom. The zero-order chi connectivity index (χ0) is 29.0. The number of ether oxygens (including phenoxy) is 5. The number of aliphatic imine (C=N–C) groups is 1. The summed E-state index contributed by atoms with van der Waals surface area (Å²) in [6.45, 7) is 5.44. The van der Waals surface area contributed by atoms with Crippen molar-refractivity contribution < 1.29 is 38.1 Å². The molecule has 0 amide bonds. The van der Waals surface area contributed by atoms with Gasteiger partial charge in [-0.1, -0.05) is 12.1 Å². The number of hydrogen-bond donors (Lipinski definition) is 0. The molecule has 1 aliphatic carbocycles. The molecular formula is C31H35NO8. The highest BCUT2D eigenvalue weighted by Crippen LogP contribution is 2.50. The second kappa shape index (κ2) is 12.4. The number of methoxy groups -OCH3 is 3. The van der Waals surface area contributed by atoms with Gasteiger partial charge in [0, 0.05) is 28.8 Å². The second-order valence-corrected chi connectivity index (χ2v) is 9.60. The van der Waals surface area contributed by atoms with Crippen LogP contribution in [0.25, 0.3) is 0 Å². The minimum Gasteiger partial charge on any atom is -0.497 e. The number of benzene rings is 2. The topological polar surface area (TPSA) is 110 Å². The lowest BCUT2D eigenvalue weighted by molar-refractivity contribution is -0.153. The van der Waals surface area contributed by atoms with E-state index in [0.717, 1.165) is 5.56 Å². The fraction of sp³-hybridized carbons (Fsp3) is 0.419. The zero-order valence-electron chi connectivity index (χ0n) is 23.7. The van der Waals surface area contributed by atoms with Crippen LogP contribution in [0.5, 0.6) is 17.2 Å². The molecule has 1 heterocycles. The number of nitrogens with zero attached hydrogens (tertiary/aromatic N) is 1. The van der Waals surface area contributed by atoms with Gasteiger partial charge in [0.2, 0.25) is 0 Å². The number of fused-ring (bicyclic) bond motifs is 1. The zero-order valence-corrected chi connectivity index (χ0v) is 23.7. The molecule has 212 valence electrons. The van der Waals surface area contributed by atoms with Gasteiger partial charge in [0.15, 0.2) is 5.78 Å². The van der Waals surface area contributed by atoms with Crippen molar-refractivity contribution in [2.24, 2.45) is 16.8 Å². The van der Waals surface area contributed by atoms with Gasteiger partial charge in [0.05, 0.1) is 46.0 Å². The molecule has 2 aliphatic rings. The number of rotatable bonds is 9. The van der Waals surface area contributed by atoms with Gasteiger partial charge < -0.3 is 23.7 Å². The third-order valence-electron chi connectivity index (χ3n) is 7.50. The molecule has 2 aromatic carbocycles. The minimum atomic E-state index is -1.10. The van der Waals surface area contributed by atoms with Crippen molar-refractivity contribution >= 4 is 23.4 Å². The number of esters is 2. The lowest BCUT2D eigenvalue weighted by Gasteiger charge is -2.41. The molecule has 0 spiro atoms. The van der Waals surface area contributed by atoms with E-state index in [4.69, 9.17) is 28.7 Å². The molecule has 0 aromatic heterocycles. The lowest BCUT2D eigenvalue weighted by atomic mass is 9.62. The molecule has 4 atom stereocenters. The summed E-state index contributed by atoms with van der Waals surface area (Å²) in [5.41, 5.74) is 2.66. The second-order valence-electron chi connectivity index (χ2n) is 9.60. The van der Waals surface area contributed by atoms with Gasteiger partial charge in [-0.15, -0.1) is 0 Å². The third-order valence-corrected chi connectivity index (χ3v) is 7.50. The van der Waals surface area contributed by atoms with Gasteiger partial charge in [-0.25, -0.2) is 4.79 Å². The molecule has 2 aromatic rings. The standard InChI is InChI=1S/C31H35NO8/c1-7-39-30(34)25-17(3)32-23-16-21(18-9-11-19(36-4)12-10-18)27(31(35)40-8-2)29(33)28(23)26(25)22-15-20(37-5)13-14-24(22)38-6/h9-15,21,26-28H,7-8,16H2,1-6H3/t21-,26-,27-,28?/m1/s1. The quantitative estimate of drug-likeness (QED) is 0.329. The van der Waals surface area contributed by atoms with E-state index in [1.165, 1.54) is 14.2 Å². The number of Topliss-reactive ketones (excluding diaryl/α,β-unsaturated/α-hetero) is 1. The molecule has 1 fully saturated rings. The molecule has 0 radical (unpaired) electrons. The first-order chi connectivity index (χ1) is 19.3. The van der Waals surface area contributed by atoms with Gasteiger partial charge in [-0.05, 0) is 63.1 Å². The molecule has 9 nitrogen and oxygen atoms in total. The number of ketones is 1. The van der Waals surface area contributed by atoms with Crippen molar-refractivity contribution in [3.63, 3.8) is 0 Å². The Hall–Kier alpha value is -4.14. The normalized spacial score (nSPS) is 22.1. The smallest absolute Gasteiger partial charge is 0.336 e. The maximum absolute atomic E-state index is 14.5. The molecule has 0 bridgehead atoms. The van der Waals surface area contributed by atoms with Gasteiger partial charge in [0.25, 0.3) is 0 Å². The van der Waals surface area contributed by atoms with Crippen molar-refractivity contribution in [2.45, 2.75) is 39.0 Å². The Kier molecular flexibility index (Phi) is 8.92. The van der Waals surface area contributed by atoms with Crippen LogP contribution < -0.4 is 14.2 Å². The highest BCUT2D eigenvalue weighted by Gasteiger charge is 2.53. The largest absolute Gasteiger partial charge is 0.497 e. The monoisotopic (exact) mass is 549 g/mol. The van der Waals surface area contributed by atoms with Crippen molar-refractivity contribution in [1.82, 2.24) is 0 Å². The fourth-order valence-corrected chi connectivity index (χ4v) is 5.74. The molecule has 1 unspecified atom stereocenters. The van der Waals surface area contributed by atoms with Crippen LogP contribution in [0, 0.1) is 11.8 Å². The highest BCUT2D eigenvalue weighted by atomic mass is 16.5. The Labute approximate surface area is 234 Å². The molecule has 4 rings (SSSR count). The minimum absolute atomic E-state index is 0.129. The first-order valence-electron chi connectivity index (χ1n) is 13.3. The Morgan fingerprint density at radius 3 is 2.12 bits per heavy atom. The van der Waals surface area contributed by atoms with Crippen molar-refractivity contribution in [3.05, 3.63) is 64.9 Å². The van der Waals surface area contributed by atoms with Crippen molar-refractivity contribution in [3.8, 4) is 17.2 Å². The fourth-order valence-electron chi connectivity index (χ4n) is 5.74. The summed E-state index contributed by atoms with van der Waals surface area (Å²) in [6, 6.07) is 12.5. The average Bonchev–Trinajstić information content (AvgIpc) is 2.96. The number of hydrogen-bond acceptors (Lipinski definition) is 9. The summed E-state index contributed by atoms with van der Waals surface area (Å²) in [5.74, 6) is -3.20. The Morgan fingerprint density at radius 2 is 1.52 bits per heavy atom. The Balaban J connectivity index is 1.93. The van der Waals surface area contributed by atoms with Crippen molar-refractivity contribution in [2.75, 3.05) is 34.5 Å². The first kappa shape index (κ1) is 28.9. The predicted octanol–water partition coefficient (Wildman–Crippen LogP) is 4.64. The highest BCUT2D eigenvalue weighted by molar-refractivity contribution is 6.18. The van der Waals surface area contributed by atoms with Crippen LogP contribution in [0.15, 0.2) is 58.7 Å². The maximum atomic E-state index is 14.5. The predicted molar refractivity (Wildman–Crippen MR) is 148 cm³/mol. The van der Waals surface area contributed by atoms with E-state index < -0.39 is 35.6 Å². The molecule has 1 saturated carbocycles. The van der Waals surface area contributed by atoms with Crippen molar-refractivity contribution in [1.29, 1.82) is 0 Å². The number of allylic oxidation sites excluding steroid dienone is 1. The van der Waals surface area contributed by atoms with Gasteiger partial charge >= 0.3 is 11.9 Å². The van der Waals surface area contributed by atoms with E-state index in [0.29, 0.717) is 40.6 Å². The summed E-state index contributed by atoms with van der Waals surface area (Å²) in [7, 11) is 4.63. The molecule has 9 heteroatoms. The third kappa shape index (κ3) is 5.33. The van der Waals surface area contributed by atoms with E-state index in [1.54, 1.807) is 58.2 Å².